The zero-order valence-corrected chi connectivity index (χ0v) is 16.2. The molecular weight excluding hydrogens is 382 g/mol. The molecule has 0 atom stereocenters. The van der Waals surface area contributed by atoms with Gasteiger partial charge < -0.3 is 19.5 Å². The molecule has 0 spiro atoms. The fraction of sp³-hybridized carbons (Fsp3) is 0.381. The van der Waals surface area contributed by atoms with E-state index in [-0.39, 0.29) is 17.1 Å². The van der Waals surface area contributed by atoms with Gasteiger partial charge in [-0.25, -0.2) is 0 Å². The van der Waals surface area contributed by atoms with Crippen molar-refractivity contribution in [1.82, 2.24) is 4.90 Å². The van der Waals surface area contributed by atoms with Crippen molar-refractivity contribution < 1.29 is 27.8 Å². The first kappa shape index (κ1) is 21.0. The van der Waals surface area contributed by atoms with Gasteiger partial charge in [0.2, 0.25) is 0 Å². The van der Waals surface area contributed by atoms with Crippen LogP contribution in [0.2, 0.25) is 0 Å². The lowest BCUT2D eigenvalue weighted by Gasteiger charge is -2.26. The van der Waals surface area contributed by atoms with Crippen LogP contribution in [0.15, 0.2) is 42.5 Å². The first-order chi connectivity index (χ1) is 14.0. The lowest BCUT2D eigenvalue weighted by Crippen LogP contribution is -2.37. The van der Waals surface area contributed by atoms with E-state index in [9.17, 15) is 13.6 Å². The molecule has 0 aliphatic carbocycles. The molecule has 0 aromatic heterocycles. The third-order valence-electron chi connectivity index (χ3n) is 4.67. The lowest BCUT2D eigenvalue weighted by atomic mass is 10.1. The Bertz CT molecular complexity index is 809. The molecule has 2 aromatic carbocycles. The quantitative estimate of drug-likeness (QED) is 0.728. The van der Waals surface area contributed by atoms with Gasteiger partial charge in [-0.05, 0) is 42.3 Å². The molecule has 1 N–H and O–H groups in total. The predicted octanol–water partition coefficient (Wildman–Crippen LogP) is 3.42. The normalized spacial score (nSPS) is 14.6. The van der Waals surface area contributed by atoms with Gasteiger partial charge in [-0.2, -0.15) is 8.78 Å². The van der Waals surface area contributed by atoms with Gasteiger partial charge in [0.25, 0.3) is 5.91 Å². The second kappa shape index (κ2) is 10.2. The zero-order chi connectivity index (χ0) is 20.6. The topological polar surface area (TPSA) is 60.0 Å². The molecule has 29 heavy (non-hydrogen) atoms. The summed E-state index contributed by atoms with van der Waals surface area (Å²) in [6, 6.07) is 11.7. The van der Waals surface area contributed by atoms with Crippen LogP contribution < -0.4 is 14.8 Å². The molecule has 3 rings (SSSR count). The SMILES string of the molecule is COc1ccc(C(=O)Nc2ccc(CCN3CCOCC3)cc2)cc1OC(F)F. The zero-order valence-electron chi connectivity index (χ0n) is 16.2. The summed E-state index contributed by atoms with van der Waals surface area (Å²) < 4.78 is 39.8. The molecule has 0 radical (unpaired) electrons. The van der Waals surface area contributed by atoms with Crippen LogP contribution in [-0.2, 0) is 11.2 Å². The van der Waals surface area contributed by atoms with Crippen molar-refractivity contribution in [2.45, 2.75) is 13.0 Å². The molecule has 8 heteroatoms. The summed E-state index contributed by atoms with van der Waals surface area (Å²) in [6.07, 6.45) is 0.918. The standard InChI is InChI=1S/C21H24F2N2O4/c1-27-18-7-4-16(14-19(18)29-21(22)23)20(26)24-17-5-2-15(3-6-17)8-9-25-10-12-28-13-11-25/h2-7,14,21H,8-13H2,1H3,(H,24,26). The largest absolute Gasteiger partial charge is 0.493 e. The lowest BCUT2D eigenvalue weighted by molar-refractivity contribution is -0.0512. The molecule has 0 unspecified atom stereocenters. The Balaban J connectivity index is 1.58. The number of nitrogens with one attached hydrogen (secondary N) is 1. The van der Waals surface area contributed by atoms with E-state index in [0.717, 1.165) is 39.3 Å². The Morgan fingerprint density at radius 1 is 1.14 bits per heavy atom. The van der Waals surface area contributed by atoms with E-state index < -0.39 is 12.5 Å². The van der Waals surface area contributed by atoms with E-state index in [0.29, 0.717) is 5.69 Å². The number of carbonyl (C=O) groups is 1. The first-order valence-electron chi connectivity index (χ1n) is 9.38. The predicted molar refractivity (Wildman–Crippen MR) is 105 cm³/mol. The highest BCUT2D eigenvalue weighted by Crippen LogP contribution is 2.29. The monoisotopic (exact) mass is 406 g/mol. The molecule has 156 valence electrons. The van der Waals surface area contributed by atoms with Crippen LogP contribution in [0.5, 0.6) is 11.5 Å². The highest BCUT2D eigenvalue weighted by Gasteiger charge is 2.15. The Hall–Kier alpha value is -2.71. The maximum absolute atomic E-state index is 12.5. The molecule has 0 saturated carbocycles. The van der Waals surface area contributed by atoms with Crippen molar-refractivity contribution in [3.8, 4) is 11.5 Å². The van der Waals surface area contributed by atoms with Crippen LogP contribution in [0.1, 0.15) is 15.9 Å². The number of carbonyl (C=O) groups excluding carboxylic acids is 1. The Morgan fingerprint density at radius 3 is 2.52 bits per heavy atom. The summed E-state index contributed by atoms with van der Waals surface area (Å²) in [7, 11) is 1.34. The van der Waals surface area contributed by atoms with Crippen molar-refractivity contribution >= 4 is 11.6 Å². The van der Waals surface area contributed by atoms with Crippen molar-refractivity contribution in [1.29, 1.82) is 0 Å². The number of methoxy groups -OCH3 is 1. The van der Waals surface area contributed by atoms with Gasteiger partial charge in [0.05, 0.1) is 20.3 Å². The third-order valence-corrected chi connectivity index (χ3v) is 4.67. The number of ether oxygens (including phenoxy) is 3. The Morgan fingerprint density at radius 2 is 1.86 bits per heavy atom. The van der Waals surface area contributed by atoms with Crippen LogP contribution in [-0.4, -0.2) is 57.4 Å². The van der Waals surface area contributed by atoms with Crippen LogP contribution in [0, 0.1) is 0 Å². The number of amides is 1. The summed E-state index contributed by atoms with van der Waals surface area (Å²) >= 11 is 0. The van der Waals surface area contributed by atoms with Crippen molar-refractivity contribution in [3.05, 3.63) is 53.6 Å². The highest BCUT2D eigenvalue weighted by molar-refractivity contribution is 6.04. The number of anilines is 1. The number of morpholine rings is 1. The number of nitrogens with zero attached hydrogens (tertiary/aromatic N) is 1. The van der Waals surface area contributed by atoms with Crippen molar-refractivity contribution in [2.75, 3.05) is 45.3 Å². The molecule has 1 saturated heterocycles. The van der Waals surface area contributed by atoms with Gasteiger partial charge >= 0.3 is 6.61 Å². The number of alkyl halides is 2. The molecule has 1 aliphatic heterocycles. The molecule has 6 nitrogen and oxygen atoms in total. The molecule has 1 heterocycles. The molecule has 2 aromatic rings. The van der Waals surface area contributed by atoms with Gasteiger partial charge in [-0.15, -0.1) is 0 Å². The van der Waals surface area contributed by atoms with Crippen LogP contribution in [0.3, 0.4) is 0 Å². The van der Waals surface area contributed by atoms with Crippen LogP contribution in [0.25, 0.3) is 0 Å². The smallest absolute Gasteiger partial charge is 0.387 e. The average Bonchev–Trinajstić information content (AvgIpc) is 2.73. The highest BCUT2D eigenvalue weighted by atomic mass is 19.3. The van der Waals surface area contributed by atoms with Gasteiger partial charge in [0, 0.05) is 30.9 Å². The fourth-order valence-corrected chi connectivity index (χ4v) is 3.08. The molecule has 1 fully saturated rings. The minimum absolute atomic E-state index is 0.131. The number of hydrogen-bond acceptors (Lipinski definition) is 5. The summed E-state index contributed by atoms with van der Waals surface area (Å²) in [5.74, 6) is -0.479. The second-order valence-electron chi connectivity index (χ2n) is 6.60. The number of rotatable bonds is 8. The molecule has 1 amide bonds. The summed E-state index contributed by atoms with van der Waals surface area (Å²) in [5.41, 5.74) is 1.99. The summed E-state index contributed by atoms with van der Waals surface area (Å²) in [5, 5.41) is 2.76. The molecule has 1 aliphatic rings. The second-order valence-corrected chi connectivity index (χ2v) is 6.60. The minimum atomic E-state index is -3.01. The average molecular weight is 406 g/mol. The van der Waals surface area contributed by atoms with E-state index in [4.69, 9.17) is 9.47 Å². The van der Waals surface area contributed by atoms with Crippen LogP contribution >= 0.6 is 0 Å². The maximum Gasteiger partial charge on any atom is 0.387 e. The number of benzene rings is 2. The van der Waals surface area contributed by atoms with Gasteiger partial charge in [-0.1, -0.05) is 12.1 Å². The van der Waals surface area contributed by atoms with E-state index in [2.05, 4.69) is 15.0 Å². The maximum atomic E-state index is 12.5. The first-order valence-corrected chi connectivity index (χ1v) is 9.38. The van der Waals surface area contributed by atoms with Gasteiger partial charge in [0.1, 0.15) is 0 Å². The molecular formula is C21H24F2N2O4. The van der Waals surface area contributed by atoms with Gasteiger partial charge in [-0.3, -0.25) is 9.69 Å². The number of halogens is 2. The van der Waals surface area contributed by atoms with Gasteiger partial charge in [0.15, 0.2) is 11.5 Å². The van der Waals surface area contributed by atoms with Crippen molar-refractivity contribution in [2.24, 2.45) is 0 Å². The van der Waals surface area contributed by atoms with Crippen LogP contribution in [0.4, 0.5) is 14.5 Å². The van der Waals surface area contributed by atoms with Crippen molar-refractivity contribution in [3.63, 3.8) is 0 Å². The fourth-order valence-electron chi connectivity index (χ4n) is 3.08. The van der Waals surface area contributed by atoms with E-state index >= 15 is 0 Å². The summed E-state index contributed by atoms with van der Waals surface area (Å²) in [4.78, 5) is 14.8. The Kier molecular flexibility index (Phi) is 7.37. The summed E-state index contributed by atoms with van der Waals surface area (Å²) in [6.45, 7) is 1.42. The van der Waals surface area contributed by atoms with E-state index in [1.54, 1.807) is 0 Å². The molecule has 0 bridgehead atoms. The van der Waals surface area contributed by atoms with E-state index in [1.165, 1.54) is 30.9 Å². The Labute approximate surface area is 168 Å². The minimum Gasteiger partial charge on any atom is -0.493 e. The van der Waals surface area contributed by atoms with E-state index in [1.807, 2.05) is 24.3 Å². The third kappa shape index (κ3) is 6.13. The number of hydrogen-bond donors (Lipinski definition) is 1.